The maximum Gasteiger partial charge on any atom is 0.235 e. The highest BCUT2D eigenvalue weighted by molar-refractivity contribution is 7.93. The number of hydrogen-bond acceptors (Lipinski definition) is 6. The minimum absolute atomic E-state index is 0.455. The van der Waals surface area contributed by atoms with Gasteiger partial charge in [-0.2, -0.15) is 0 Å². The number of hydrogen-bond donors (Lipinski definition) is 4. The first-order valence-corrected chi connectivity index (χ1v) is 15.1. The van der Waals surface area contributed by atoms with Gasteiger partial charge in [-0.25, -0.2) is 26.8 Å². The summed E-state index contributed by atoms with van der Waals surface area (Å²) < 4.78 is 54.3. The van der Waals surface area contributed by atoms with Crippen molar-refractivity contribution in [2.45, 2.75) is 38.2 Å². The topological polar surface area (TPSA) is 150 Å². The summed E-state index contributed by atoms with van der Waals surface area (Å²) in [6.45, 7) is 6.48. The van der Waals surface area contributed by atoms with Gasteiger partial charge in [0.25, 0.3) is 0 Å². The highest BCUT2D eigenvalue weighted by Crippen LogP contribution is 2.32. The molecule has 38 heavy (non-hydrogen) atoms. The van der Waals surface area contributed by atoms with Crippen LogP contribution in [0.25, 0.3) is 44.8 Å². The predicted octanol–water partition coefficient (Wildman–Crippen LogP) is 5.07. The number of rotatable bonds is 8. The fourth-order valence-electron chi connectivity index (χ4n) is 3.86. The lowest BCUT2D eigenvalue weighted by atomic mass is 10.1. The second-order valence-corrected chi connectivity index (χ2v) is 14.0. The third-order valence-corrected chi connectivity index (χ3v) is 9.69. The number of sulfonamides is 2. The van der Waals surface area contributed by atoms with Gasteiger partial charge in [0.1, 0.15) is 11.6 Å². The fourth-order valence-corrected chi connectivity index (χ4v) is 5.24. The van der Waals surface area contributed by atoms with Gasteiger partial charge in [-0.15, -0.1) is 0 Å². The molecule has 3 aromatic carbocycles. The van der Waals surface area contributed by atoms with Crippen molar-refractivity contribution in [2.75, 3.05) is 9.44 Å². The van der Waals surface area contributed by atoms with Crippen molar-refractivity contribution >= 4 is 53.5 Å². The van der Waals surface area contributed by atoms with Gasteiger partial charge in [0, 0.05) is 11.1 Å². The number of nitrogens with zero attached hydrogens (tertiary/aromatic N) is 2. The monoisotopic (exact) mass is 552 g/mol. The van der Waals surface area contributed by atoms with Crippen molar-refractivity contribution in [3.05, 3.63) is 60.7 Å². The Morgan fingerprint density at radius 1 is 0.632 bits per heavy atom. The predicted molar refractivity (Wildman–Crippen MR) is 152 cm³/mol. The van der Waals surface area contributed by atoms with Crippen LogP contribution in [0.1, 0.15) is 27.7 Å². The van der Waals surface area contributed by atoms with E-state index < -0.39 is 30.5 Å². The van der Waals surface area contributed by atoms with Crippen molar-refractivity contribution in [1.82, 2.24) is 19.9 Å². The average Bonchev–Trinajstić information content (AvgIpc) is 3.47. The van der Waals surface area contributed by atoms with Crippen LogP contribution in [-0.4, -0.2) is 47.3 Å². The lowest BCUT2D eigenvalue weighted by Crippen LogP contribution is -2.22. The fraction of sp³-hybridized carbons (Fsp3) is 0.231. The molecule has 198 valence electrons. The largest absolute Gasteiger partial charge is 0.338 e. The molecule has 0 aliphatic carbocycles. The van der Waals surface area contributed by atoms with Crippen LogP contribution in [0.5, 0.6) is 0 Å². The van der Waals surface area contributed by atoms with Gasteiger partial charge < -0.3 is 9.97 Å². The molecule has 10 nitrogen and oxygen atoms in total. The number of H-pyrrole nitrogens is 2. The average molecular weight is 553 g/mol. The van der Waals surface area contributed by atoms with Gasteiger partial charge in [0.2, 0.25) is 20.0 Å². The van der Waals surface area contributed by atoms with Crippen molar-refractivity contribution in [2.24, 2.45) is 0 Å². The van der Waals surface area contributed by atoms with Gasteiger partial charge in [-0.3, -0.25) is 9.44 Å². The van der Waals surface area contributed by atoms with Crippen LogP contribution in [0.2, 0.25) is 0 Å². The quantitative estimate of drug-likeness (QED) is 0.211. The van der Waals surface area contributed by atoms with Crippen LogP contribution < -0.4 is 9.44 Å². The Hall–Kier alpha value is -3.90. The van der Waals surface area contributed by atoms with Crippen LogP contribution in [0.15, 0.2) is 60.7 Å². The maximum atomic E-state index is 12.3. The number of benzene rings is 3. The molecule has 0 unspecified atom stereocenters. The van der Waals surface area contributed by atoms with E-state index in [1.165, 1.54) is 0 Å². The van der Waals surface area contributed by atoms with E-state index in [1.807, 2.05) is 24.3 Å². The summed E-state index contributed by atoms with van der Waals surface area (Å²) in [5, 5.41) is -1.12. The number of nitrogens with one attached hydrogen (secondary N) is 4. The van der Waals surface area contributed by atoms with Crippen LogP contribution in [0.4, 0.5) is 11.4 Å². The summed E-state index contributed by atoms with van der Waals surface area (Å²) in [7, 11) is -6.95. The van der Waals surface area contributed by atoms with E-state index in [-0.39, 0.29) is 0 Å². The second-order valence-electron chi connectivity index (χ2n) is 9.57. The highest BCUT2D eigenvalue weighted by Gasteiger charge is 2.19. The number of aromatic amines is 2. The molecule has 2 heterocycles. The van der Waals surface area contributed by atoms with Crippen molar-refractivity contribution in [1.29, 1.82) is 0 Å². The van der Waals surface area contributed by atoms with Crippen LogP contribution >= 0.6 is 0 Å². The van der Waals surface area contributed by atoms with Gasteiger partial charge in [-0.05, 0) is 64.1 Å². The molecule has 0 saturated carbocycles. The molecule has 0 bridgehead atoms. The van der Waals surface area contributed by atoms with E-state index in [4.69, 9.17) is 9.97 Å². The molecule has 0 radical (unpaired) electrons. The molecule has 0 fully saturated rings. The SMILES string of the molecule is CC(C)S(=O)(=O)Nc1ccc2nc(-c3ccccc3-c3nc4ccc(NS(=O)(=O)C(C)C)cc4[nH]3)[nH]c2c1. The minimum Gasteiger partial charge on any atom is -0.338 e. The lowest BCUT2D eigenvalue weighted by molar-refractivity contribution is 0.591. The normalized spacial score (nSPS) is 12.6. The molecular weight excluding hydrogens is 524 g/mol. The second kappa shape index (κ2) is 9.44. The third-order valence-electron chi connectivity index (χ3n) is 6.16. The zero-order valence-electron chi connectivity index (χ0n) is 21.3. The molecule has 0 spiro atoms. The van der Waals surface area contributed by atoms with Gasteiger partial charge in [-0.1, -0.05) is 24.3 Å². The Labute approximate surface area is 221 Å². The first-order chi connectivity index (χ1) is 17.9. The Morgan fingerprint density at radius 3 is 1.39 bits per heavy atom. The summed E-state index contributed by atoms with van der Waals surface area (Å²) in [6, 6.07) is 18.0. The molecule has 5 aromatic rings. The van der Waals surface area contributed by atoms with Crippen molar-refractivity contribution in [3.63, 3.8) is 0 Å². The lowest BCUT2D eigenvalue weighted by Gasteiger charge is -2.10. The smallest absolute Gasteiger partial charge is 0.235 e. The van der Waals surface area contributed by atoms with E-state index in [0.29, 0.717) is 45.1 Å². The summed E-state index contributed by atoms with van der Waals surface area (Å²) in [6.07, 6.45) is 0. The molecule has 0 saturated heterocycles. The number of aromatic nitrogens is 4. The maximum absolute atomic E-state index is 12.3. The molecule has 4 N–H and O–H groups in total. The standard InChI is InChI=1S/C26H28N6O4S2/c1-15(2)37(33,34)31-17-9-11-21-23(13-17)29-25(27-21)19-7-5-6-8-20(19)26-28-22-12-10-18(14-24(22)30-26)32-38(35,36)16(3)4/h5-16,31-32H,1-4H3,(H,27,29)(H,28,30). The van der Waals surface area contributed by atoms with E-state index in [9.17, 15) is 16.8 Å². The van der Waals surface area contributed by atoms with Crippen molar-refractivity contribution in [3.8, 4) is 22.8 Å². The molecule has 0 amide bonds. The Balaban J connectivity index is 1.51. The summed E-state index contributed by atoms with van der Waals surface area (Å²) >= 11 is 0. The Kier molecular flexibility index (Phi) is 6.40. The van der Waals surface area contributed by atoms with Crippen LogP contribution in [0.3, 0.4) is 0 Å². The minimum atomic E-state index is -3.47. The van der Waals surface area contributed by atoms with E-state index in [0.717, 1.165) is 11.1 Å². The zero-order valence-corrected chi connectivity index (χ0v) is 22.9. The molecule has 0 aliphatic rings. The van der Waals surface area contributed by atoms with E-state index in [1.54, 1.807) is 64.1 Å². The number of imidazole rings is 2. The molecule has 2 aromatic heterocycles. The first kappa shape index (κ1) is 25.7. The molecule has 5 rings (SSSR count). The Bertz CT molecular complexity index is 1740. The zero-order chi connectivity index (χ0) is 27.2. The number of anilines is 2. The first-order valence-electron chi connectivity index (χ1n) is 12.1. The van der Waals surface area contributed by atoms with Gasteiger partial charge in [0.05, 0.1) is 43.9 Å². The number of fused-ring (bicyclic) bond motifs is 2. The van der Waals surface area contributed by atoms with E-state index >= 15 is 0 Å². The summed E-state index contributed by atoms with van der Waals surface area (Å²) in [4.78, 5) is 16.0. The molecule has 0 aliphatic heterocycles. The molecular formula is C26H28N6O4S2. The van der Waals surface area contributed by atoms with Crippen LogP contribution in [0, 0.1) is 0 Å². The molecule has 0 atom stereocenters. The van der Waals surface area contributed by atoms with Gasteiger partial charge >= 0.3 is 0 Å². The summed E-state index contributed by atoms with van der Waals surface area (Å²) in [5.74, 6) is 1.20. The van der Waals surface area contributed by atoms with Crippen LogP contribution in [-0.2, 0) is 20.0 Å². The highest BCUT2D eigenvalue weighted by atomic mass is 32.2. The Morgan fingerprint density at radius 2 is 1.03 bits per heavy atom. The summed E-state index contributed by atoms with van der Waals surface area (Å²) in [5.41, 5.74) is 5.26. The van der Waals surface area contributed by atoms with Gasteiger partial charge in [0.15, 0.2) is 0 Å². The van der Waals surface area contributed by atoms with Crippen molar-refractivity contribution < 1.29 is 16.8 Å². The third kappa shape index (κ3) is 4.96. The molecule has 12 heteroatoms. The van der Waals surface area contributed by atoms with E-state index in [2.05, 4.69) is 19.4 Å².